The number of hydrogen-bond acceptors (Lipinski definition) is 2. The molecule has 1 saturated heterocycles. The van der Waals surface area contributed by atoms with Crippen LogP contribution in [0.4, 0.5) is 0 Å². The van der Waals surface area contributed by atoms with Crippen LogP contribution in [0.3, 0.4) is 0 Å². The largest absolute Gasteiger partial charge is 0.352 e. The number of carbonyl (C=O) groups is 1. The number of rotatable bonds is 5. The van der Waals surface area contributed by atoms with Crippen molar-refractivity contribution in [1.29, 1.82) is 0 Å². The standard InChI is InChI=1S/C20H24N2O.ClH/c23-20(22-18-12-7-13-21-15-18)14-19(16-8-3-1-4-9-16)17-10-5-2-6-11-17;/h1-6,8-11,18-19,21H,7,12-15H2,(H,22,23);1H. The maximum Gasteiger partial charge on any atom is 0.221 e. The van der Waals surface area contributed by atoms with Crippen molar-refractivity contribution in [1.82, 2.24) is 10.6 Å². The van der Waals surface area contributed by atoms with Gasteiger partial charge in [-0.25, -0.2) is 0 Å². The maximum atomic E-state index is 12.5. The molecule has 0 spiro atoms. The lowest BCUT2D eigenvalue weighted by Crippen LogP contribution is -2.45. The van der Waals surface area contributed by atoms with Crippen LogP contribution in [0.15, 0.2) is 60.7 Å². The van der Waals surface area contributed by atoms with Gasteiger partial charge in [-0.1, -0.05) is 60.7 Å². The van der Waals surface area contributed by atoms with Crippen molar-refractivity contribution < 1.29 is 4.79 Å². The van der Waals surface area contributed by atoms with E-state index >= 15 is 0 Å². The molecular formula is C20H25ClN2O. The van der Waals surface area contributed by atoms with Crippen LogP contribution in [0.2, 0.25) is 0 Å². The Hall–Kier alpha value is -1.84. The predicted octanol–water partition coefficient (Wildman–Crippen LogP) is 3.50. The summed E-state index contributed by atoms with van der Waals surface area (Å²) in [6.45, 7) is 1.94. The van der Waals surface area contributed by atoms with Gasteiger partial charge >= 0.3 is 0 Å². The summed E-state index contributed by atoms with van der Waals surface area (Å²) >= 11 is 0. The number of hydrogen-bond donors (Lipinski definition) is 2. The van der Waals surface area contributed by atoms with Crippen LogP contribution < -0.4 is 10.6 Å². The Kier molecular flexibility index (Phi) is 7.29. The van der Waals surface area contributed by atoms with Gasteiger partial charge in [-0.15, -0.1) is 12.4 Å². The Bertz CT molecular complexity index is 573. The number of nitrogens with one attached hydrogen (secondary N) is 2. The van der Waals surface area contributed by atoms with Crippen molar-refractivity contribution in [3.63, 3.8) is 0 Å². The molecule has 0 radical (unpaired) electrons. The van der Waals surface area contributed by atoms with Gasteiger partial charge in [0.05, 0.1) is 0 Å². The van der Waals surface area contributed by atoms with Gasteiger partial charge < -0.3 is 10.6 Å². The van der Waals surface area contributed by atoms with E-state index in [2.05, 4.69) is 34.9 Å². The fourth-order valence-corrected chi connectivity index (χ4v) is 3.25. The molecule has 2 aromatic carbocycles. The molecule has 0 saturated carbocycles. The minimum absolute atomic E-state index is 0. The zero-order chi connectivity index (χ0) is 15.9. The lowest BCUT2D eigenvalue weighted by atomic mass is 9.88. The minimum atomic E-state index is 0. The zero-order valence-corrected chi connectivity index (χ0v) is 14.6. The first-order valence-corrected chi connectivity index (χ1v) is 8.43. The molecule has 0 aromatic heterocycles. The number of amides is 1. The second kappa shape index (κ2) is 9.45. The van der Waals surface area contributed by atoms with Gasteiger partial charge in [0.1, 0.15) is 0 Å². The van der Waals surface area contributed by atoms with Crippen LogP contribution in [0, 0.1) is 0 Å². The molecule has 1 aliphatic rings. The molecule has 2 aromatic rings. The molecule has 24 heavy (non-hydrogen) atoms. The Balaban J connectivity index is 0.00000208. The first-order valence-electron chi connectivity index (χ1n) is 8.43. The van der Waals surface area contributed by atoms with Crippen LogP contribution in [0.25, 0.3) is 0 Å². The molecule has 1 heterocycles. The highest BCUT2D eigenvalue weighted by Crippen LogP contribution is 2.27. The van der Waals surface area contributed by atoms with Gasteiger partial charge in [-0.2, -0.15) is 0 Å². The molecular weight excluding hydrogens is 320 g/mol. The lowest BCUT2D eigenvalue weighted by molar-refractivity contribution is -0.122. The minimum Gasteiger partial charge on any atom is -0.352 e. The van der Waals surface area contributed by atoms with Crippen molar-refractivity contribution in [2.75, 3.05) is 13.1 Å². The number of benzene rings is 2. The summed E-state index contributed by atoms with van der Waals surface area (Å²) in [7, 11) is 0. The number of carbonyl (C=O) groups excluding carboxylic acids is 1. The summed E-state index contributed by atoms with van der Waals surface area (Å²) in [6, 6.07) is 20.9. The molecule has 1 unspecified atom stereocenters. The highest BCUT2D eigenvalue weighted by atomic mass is 35.5. The van der Waals surface area contributed by atoms with Gasteiger partial charge in [0.25, 0.3) is 0 Å². The monoisotopic (exact) mass is 344 g/mol. The molecule has 1 atom stereocenters. The fourth-order valence-electron chi connectivity index (χ4n) is 3.25. The predicted molar refractivity (Wildman–Crippen MR) is 101 cm³/mol. The third-order valence-corrected chi connectivity index (χ3v) is 4.46. The van der Waals surface area contributed by atoms with Crippen molar-refractivity contribution in [3.05, 3.63) is 71.8 Å². The van der Waals surface area contributed by atoms with Crippen LogP contribution in [-0.2, 0) is 4.79 Å². The summed E-state index contributed by atoms with van der Waals surface area (Å²) in [4.78, 5) is 12.5. The fraction of sp³-hybridized carbons (Fsp3) is 0.350. The SMILES string of the molecule is Cl.O=C(CC(c1ccccc1)c1ccccc1)NC1CCCNC1. The van der Waals surface area contributed by atoms with Crippen LogP contribution in [-0.4, -0.2) is 25.0 Å². The first-order chi connectivity index (χ1) is 11.3. The van der Waals surface area contributed by atoms with Crippen molar-refractivity contribution in [3.8, 4) is 0 Å². The maximum absolute atomic E-state index is 12.5. The van der Waals surface area contributed by atoms with Crippen LogP contribution in [0.5, 0.6) is 0 Å². The summed E-state index contributed by atoms with van der Waals surface area (Å²) in [5.41, 5.74) is 2.38. The molecule has 0 bridgehead atoms. The Morgan fingerprint density at radius 1 is 1.04 bits per heavy atom. The molecule has 3 rings (SSSR count). The number of piperidine rings is 1. The third kappa shape index (κ3) is 5.08. The topological polar surface area (TPSA) is 41.1 Å². The number of halogens is 1. The lowest BCUT2D eigenvalue weighted by Gasteiger charge is -2.25. The summed E-state index contributed by atoms with van der Waals surface area (Å²) < 4.78 is 0. The molecule has 1 amide bonds. The zero-order valence-electron chi connectivity index (χ0n) is 13.8. The molecule has 1 aliphatic heterocycles. The average Bonchev–Trinajstić information content (AvgIpc) is 2.62. The molecule has 2 N–H and O–H groups in total. The van der Waals surface area contributed by atoms with Crippen molar-refractivity contribution in [2.45, 2.75) is 31.2 Å². The second-order valence-electron chi connectivity index (χ2n) is 6.19. The second-order valence-corrected chi connectivity index (χ2v) is 6.19. The Morgan fingerprint density at radius 2 is 1.62 bits per heavy atom. The van der Waals surface area contributed by atoms with E-state index in [1.165, 1.54) is 11.1 Å². The summed E-state index contributed by atoms with van der Waals surface area (Å²) in [5, 5.41) is 6.53. The average molecular weight is 345 g/mol. The normalized spacial score (nSPS) is 17.1. The van der Waals surface area contributed by atoms with E-state index in [1.807, 2.05) is 36.4 Å². The highest BCUT2D eigenvalue weighted by molar-refractivity contribution is 5.85. The van der Waals surface area contributed by atoms with E-state index in [9.17, 15) is 4.79 Å². The first kappa shape index (κ1) is 18.5. The third-order valence-electron chi connectivity index (χ3n) is 4.46. The Morgan fingerprint density at radius 3 is 2.12 bits per heavy atom. The van der Waals surface area contributed by atoms with Crippen molar-refractivity contribution >= 4 is 18.3 Å². The Labute approximate surface area is 150 Å². The van der Waals surface area contributed by atoms with Gasteiger partial charge in [-0.05, 0) is 30.5 Å². The molecule has 128 valence electrons. The van der Waals surface area contributed by atoms with Crippen LogP contribution >= 0.6 is 12.4 Å². The van der Waals surface area contributed by atoms with E-state index in [0.717, 1.165) is 25.9 Å². The van der Waals surface area contributed by atoms with E-state index < -0.39 is 0 Å². The van der Waals surface area contributed by atoms with Crippen LogP contribution in [0.1, 0.15) is 36.3 Å². The highest BCUT2D eigenvalue weighted by Gasteiger charge is 2.21. The molecule has 4 heteroatoms. The molecule has 1 fully saturated rings. The summed E-state index contributed by atoms with van der Waals surface area (Å²) in [6.07, 6.45) is 2.69. The summed E-state index contributed by atoms with van der Waals surface area (Å²) in [5.74, 6) is 0.241. The van der Waals surface area contributed by atoms with Gasteiger partial charge in [0.15, 0.2) is 0 Å². The van der Waals surface area contributed by atoms with Gasteiger partial charge in [0, 0.05) is 24.9 Å². The van der Waals surface area contributed by atoms with E-state index in [4.69, 9.17) is 0 Å². The quantitative estimate of drug-likeness (QED) is 0.871. The smallest absolute Gasteiger partial charge is 0.221 e. The molecule has 3 nitrogen and oxygen atoms in total. The van der Waals surface area contributed by atoms with E-state index in [0.29, 0.717) is 6.42 Å². The van der Waals surface area contributed by atoms with Gasteiger partial charge in [-0.3, -0.25) is 4.79 Å². The molecule has 0 aliphatic carbocycles. The van der Waals surface area contributed by atoms with Gasteiger partial charge in [0.2, 0.25) is 5.91 Å². The van der Waals surface area contributed by atoms with Crippen molar-refractivity contribution in [2.24, 2.45) is 0 Å². The van der Waals surface area contributed by atoms with E-state index in [-0.39, 0.29) is 30.3 Å². The van der Waals surface area contributed by atoms with E-state index in [1.54, 1.807) is 0 Å².